The molecule has 0 spiro atoms. The molecule has 5 heteroatoms. The average Bonchev–Trinajstić information content (AvgIpc) is 2.70. The van der Waals surface area contributed by atoms with Gasteiger partial charge in [-0.25, -0.2) is 9.97 Å². The molecule has 1 aliphatic heterocycles. The summed E-state index contributed by atoms with van der Waals surface area (Å²) in [4.78, 5) is 8.88. The van der Waals surface area contributed by atoms with Gasteiger partial charge in [-0.05, 0) is 34.5 Å². The van der Waals surface area contributed by atoms with Crippen LogP contribution in [0.5, 0.6) is 0 Å². The molecule has 1 aromatic rings. The van der Waals surface area contributed by atoms with Crippen molar-refractivity contribution in [2.24, 2.45) is 0 Å². The first-order valence-electron chi connectivity index (χ1n) is 5.65. The maximum Gasteiger partial charge on any atom is 0.132 e. The summed E-state index contributed by atoms with van der Waals surface area (Å²) in [5, 5.41) is 3.48. The molecule has 0 bridgehead atoms. The summed E-state index contributed by atoms with van der Waals surface area (Å²) in [6, 6.07) is 2.53. The zero-order valence-corrected chi connectivity index (χ0v) is 11.8. The van der Waals surface area contributed by atoms with Gasteiger partial charge in [0, 0.05) is 24.3 Å². The summed E-state index contributed by atoms with van der Waals surface area (Å²) in [5.74, 6) is 4.32. The summed E-state index contributed by atoms with van der Waals surface area (Å²) in [5.41, 5.74) is 0. The molecule has 2 heterocycles. The minimum atomic E-state index is 0.571. The van der Waals surface area contributed by atoms with Crippen LogP contribution in [-0.2, 0) is 6.42 Å². The van der Waals surface area contributed by atoms with E-state index in [0.717, 1.165) is 29.1 Å². The highest BCUT2D eigenvalue weighted by molar-refractivity contribution is 9.10. The molecule has 0 radical (unpaired) electrons. The number of anilines is 1. The molecule has 1 N–H and O–H groups in total. The van der Waals surface area contributed by atoms with E-state index in [4.69, 9.17) is 0 Å². The number of rotatable bonds is 4. The van der Waals surface area contributed by atoms with Crippen molar-refractivity contribution >= 4 is 33.5 Å². The lowest BCUT2D eigenvalue weighted by atomic mass is 10.2. The van der Waals surface area contributed by atoms with Gasteiger partial charge in [0.2, 0.25) is 0 Å². The number of nitrogens with one attached hydrogen (secondary N) is 1. The molecule has 1 fully saturated rings. The predicted molar refractivity (Wildman–Crippen MR) is 73.1 cm³/mol. The normalized spacial score (nSPS) is 20.0. The zero-order valence-electron chi connectivity index (χ0n) is 9.37. The minimum Gasteiger partial charge on any atom is -0.366 e. The van der Waals surface area contributed by atoms with Crippen LogP contribution in [0.25, 0.3) is 0 Å². The Bertz CT molecular complexity index is 353. The van der Waals surface area contributed by atoms with E-state index < -0.39 is 0 Å². The Balaban J connectivity index is 2.06. The first-order valence-corrected chi connectivity index (χ1v) is 7.60. The topological polar surface area (TPSA) is 37.8 Å². The maximum atomic E-state index is 4.53. The van der Waals surface area contributed by atoms with Gasteiger partial charge in [-0.2, -0.15) is 11.8 Å². The Labute approximate surface area is 109 Å². The van der Waals surface area contributed by atoms with E-state index in [9.17, 15) is 0 Å². The molecule has 88 valence electrons. The van der Waals surface area contributed by atoms with Crippen LogP contribution in [0.4, 0.5) is 5.82 Å². The monoisotopic (exact) mass is 301 g/mol. The van der Waals surface area contributed by atoms with Crippen molar-refractivity contribution in [2.45, 2.75) is 32.2 Å². The summed E-state index contributed by atoms with van der Waals surface area (Å²) in [6.07, 6.45) is 3.25. The van der Waals surface area contributed by atoms with Crippen LogP contribution in [0.2, 0.25) is 0 Å². The molecule has 0 saturated carbocycles. The molecule has 3 nitrogen and oxygen atoms in total. The van der Waals surface area contributed by atoms with Crippen molar-refractivity contribution < 1.29 is 0 Å². The molecule has 1 atom stereocenters. The fraction of sp³-hybridized carbons (Fsp3) is 0.636. The van der Waals surface area contributed by atoms with Gasteiger partial charge in [-0.15, -0.1) is 0 Å². The van der Waals surface area contributed by atoms with Crippen LogP contribution in [-0.4, -0.2) is 27.5 Å². The van der Waals surface area contributed by atoms with Gasteiger partial charge in [0.25, 0.3) is 0 Å². The number of hydrogen-bond acceptors (Lipinski definition) is 4. The molecule has 0 aliphatic carbocycles. The highest BCUT2D eigenvalue weighted by Gasteiger charge is 2.15. The minimum absolute atomic E-state index is 0.571. The number of nitrogens with zero attached hydrogens (tertiary/aromatic N) is 2. The lowest BCUT2D eigenvalue weighted by Crippen LogP contribution is -2.19. The summed E-state index contributed by atoms with van der Waals surface area (Å²) < 4.78 is 0.874. The van der Waals surface area contributed by atoms with Crippen LogP contribution in [0.15, 0.2) is 10.7 Å². The Kier molecular flexibility index (Phi) is 4.46. The van der Waals surface area contributed by atoms with Crippen LogP contribution in [0.3, 0.4) is 0 Å². The van der Waals surface area contributed by atoms with E-state index in [1.54, 1.807) is 0 Å². The fourth-order valence-electron chi connectivity index (χ4n) is 1.73. The van der Waals surface area contributed by atoms with Crippen molar-refractivity contribution in [3.05, 3.63) is 16.5 Å². The lowest BCUT2D eigenvalue weighted by Gasteiger charge is -2.12. The Morgan fingerprint density at radius 3 is 3.12 bits per heavy atom. The van der Waals surface area contributed by atoms with Gasteiger partial charge >= 0.3 is 0 Å². The molecule has 1 aromatic heterocycles. The van der Waals surface area contributed by atoms with E-state index in [2.05, 4.69) is 38.1 Å². The molecule has 1 saturated heterocycles. The van der Waals surface area contributed by atoms with Gasteiger partial charge < -0.3 is 5.32 Å². The van der Waals surface area contributed by atoms with Gasteiger partial charge in [0.05, 0.1) is 0 Å². The average molecular weight is 302 g/mol. The molecule has 0 amide bonds. The number of hydrogen-bond donors (Lipinski definition) is 1. The van der Waals surface area contributed by atoms with E-state index in [1.807, 2.05) is 17.8 Å². The van der Waals surface area contributed by atoms with Crippen molar-refractivity contribution in [3.8, 4) is 0 Å². The summed E-state index contributed by atoms with van der Waals surface area (Å²) in [7, 11) is 0. The van der Waals surface area contributed by atoms with Gasteiger partial charge in [-0.1, -0.05) is 6.92 Å². The van der Waals surface area contributed by atoms with E-state index >= 15 is 0 Å². The second kappa shape index (κ2) is 5.87. The highest BCUT2D eigenvalue weighted by atomic mass is 79.9. The lowest BCUT2D eigenvalue weighted by molar-refractivity contribution is 0.788. The van der Waals surface area contributed by atoms with Crippen LogP contribution < -0.4 is 5.32 Å². The largest absolute Gasteiger partial charge is 0.366 e. The van der Waals surface area contributed by atoms with Crippen LogP contribution in [0.1, 0.15) is 25.6 Å². The van der Waals surface area contributed by atoms with E-state index in [0.29, 0.717) is 6.04 Å². The predicted octanol–water partition coefficient (Wildman–Crippen LogP) is 3.11. The molecule has 1 aliphatic rings. The van der Waals surface area contributed by atoms with E-state index in [-0.39, 0.29) is 0 Å². The quantitative estimate of drug-likeness (QED) is 0.867. The van der Waals surface area contributed by atoms with Crippen molar-refractivity contribution in [1.29, 1.82) is 0 Å². The Hall–Kier alpha value is -0.290. The summed E-state index contributed by atoms with van der Waals surface area (Å²) in [6.45, 7) is 2.14. The number of aromatic nitrogens is 2. The number of halogens is 1. The second-order valence-corrected chi connectivity index (χ2v) is 5.91. The zero-order chi connectivity index (χ0) is 11.4. The first-order chi connectivity index (χ1) is 7.78. The standard InChI is InChI=1S/C11H16BrN3S/c1-2-3-10-14-9(12)6-11(15-10)13-8-4-5-16-7-8/h6,8H,2-5,7H2,1H3,(H,13,14,15). The SMILES string of the molecule is CCCc1nc(Br)cc(NC2CCSC2)n1. The van der Waals surface area contributed by atoms with E-state index in [1.165, 1.54) is 17.9 Å². The van der Waals surface area contributed by atoms with Crippen molar-refractivity contribution in [1.82, 2.24) is 9.97 Å². The molecular formula is C11H16BrN3S. The molecule has 16 heavy (non-hydrogen) atoms. The first kappa shape index (κ1) is 12.2. The van der Waals surface area contributed by atoms with Crippen LogP contribution in [0, 0.1) is 0 Å². The third-order valence-corrected chi connectivity index (χ3v) is 4.07. The Morgan fingerprint density at radius 1 is 1.56 bits per heavy atom. The smallest absolute Gasteiger partial charge is 0.132 e. The second-order valence-electron chi connectivity index (χ2n) is 3.95. The van der Waals surface area contributed by atoms with Gasteiger partial charge in [0.15, 0.2) is 0 Å². The molecule has 2 rings (SSSR count). The molecule has 0 aromatic carbocycles. The molecular weight excluding hydrogens is 286 g/mol. The molecule has 1 unspecified atom stereocenters. The van der Waals surface area contributed by atoms with Crippen molar-refractivity contribution in [2.75, 3.05) is 16.8 Å². The highest BCUT2D eigenvalue weighted by Crippen LogP contribution is 2.21. The van der Waals surface area contributed by atoms with Gasteiger partial charge in [-0.3, -0.25) is 0 Å². The Morgan fingerprint density at radius 2 is 2.44 bits per heavy atom. The maximum absolute atomic E-state index is 4.53. The van der Waals surface area contributed by atoms with Crippen LogP contribution >= 0.6 is 27.7 Å². The fourth-order valence-corrected chi connectivity index (χ4v) is 3.31. The number of aryl methyl sites for hydroxylation is 1. The third kappa shape index (κ3) is 3.35. The number of thioether (sulfide) groups is 1. The summed E-state index contributed by atoms with van der Waals surface area (Å²) >= 11 is 5.44. The van der Waals surface area contributed by atoms with Crippen molar-refractivity contribution in [3.63, 3.8) is 0 Å². The third-order valence-electron chi connectivity index (χ3n) is 2.50. The van der Waals surface area contributed by atoms with Gasteiger partial charge in [0.1, 0.15) is 16.2 Å².